The Morgan fingerprint density at radius 2 is 1.39 bits per heavy atom. The summed E-state index contributed by atoms with van der Waals surface area (Å²) in [5, 5.41) is 0. The van der Waals surface area contributed by atoms with E-state index in [9.17, 15) is 0 Å². The second-order valence-electron chi connectivity index (χ2n) is 14.6. The fraction of sp³-hybridized carbons (Fsp3) is 0.186. The second-order valence-corrected chi connectivity index (χ2v) is 17.7. The number of benzene rings is 4. The molecule has 2 aliphatic rings. The minimum atomic E-state index is -0.681. The average molecular weight is 963 g/mol. The number of ether oxygens (including phenoxy) is 1. The van der Waals surface area contributed by atoms with Crippen molar-refractivity contribution >= 4 is 68.1 Å². The van der Waals surface area contributed by atoms with E-state index in [1.807, 2.05) is 36.8 Å². The summed E-state index contributed by atoms with van der Waals surface area (Å²) in [6, 6.07) is 41.0. The van der Waals surface area contributed by atoms with E-state index < -0.39 is 20.9 Å². The van der Waals surface area contributed by atoms with Gasteiger partial charge in [0.1, 0.15) is 0 Å². The maximum atomic E-state index is 6.54. The topological polar surface area (TPSA) is 44.7 Å². The van der Waals surface area contributed by atoms with Gasteiger partial charge in [-0.1, -0.05) is 39.0 Å². The van der Waals surface area contributed by atoms with Gasteiger partial charge in [0.15, 0.2) is 0 Å². The number of nitrogens with zero attached hydrogens (tertiary/aromatic N) is 5. The fourth-order valence-electron chi connectivity index (χ4n) is 6.26. The van der Waals surface area contributed by atoms with Gasteiger partial charge in [0.05, 0.1) is 0 Å². The molecule has 8 heteroatoms. The van der Waals surface area contributed by atoms with Crippen molar-refractivity contribution in [1.82, 2.24) is 9.97 Å². The Labute approximate surface area is 325 Å². The molecular weight excluding hydrogens is 925 g/mol. The number of pyridine rings is 2. The summed E-state index contributed by atoms with van der Waals surface area (Å²) in [5.41, 5.74) is 8.85. The van der Waals surface area contributed by atoms with Crippen molar-refractivity contribution in [1.29, 1.82) is 0 Å². The van der Waals surface area contributed by atoms with E-state index in [0.29, 0.717) is 11.5 Å². The predicted molar refractivity (Wildman–Crippen MR) is 205 cm³/mol. The summed E-state index contributed by atoms with van der Waals surface area (Å²) in [6.07, 6.45) is 5.76. The van der Waals surface area contributed by atoms with Crippen molar-refractivity contribution in [3.05, 3.63) is 146 Å². The van der Waals surface area contributed by atoms with Crippen molar-refractivity contribution in [3.8, 4) is 11.5 Å². The molecule has 0 saturated heterocycles. The van der Waals surface area contributed by atoms with E-state index in [2.05, 4.69) is 159 Å². The molecule has 2 aromatic heterocycles. The van der Waals surface area contributed by atoms with Crippen molar-refractivity contribution in [2.75, 3.05) is 14.7 Å². The van der Waals surface area contributed by atoms with Crippen LogP contribution in [0.3, 0.4) is 0 Å². The van der Waals surface area contributed by atoms with Crippen LogP contribution >= 0.6 is 0 Å². The second kappa shape index (κ2) is 13.8. The predicted octanol–water partition coefficient (Wildman–Crippen LogP) is 9.31. The standard InChI is InChI=1S/C43H38N5OTe.Pt/c1-42(2,3)29-11-9-12-31(23-29)46-28-47(36-16-8-7-15-35(36)46)32-13-10-14-33(25-32)49-34-17-18-39-38(26-34)48(37-20-21-44-27-40(37)50-39)41-24-30(19-22-45-41)43(4,5)6;/h7-24,27-28H,1-6H3;/q-3;. The van der Waals surface area contributed by atoms with Crippen molar-refractivity contribution in [3.63, 3.8) is 0 Å². The van der Waals surface area contributed by atoms with Crippen LogP contribution in [0.25, 0.3) is 0 Å². The van der Waals surface area contributed by atoms with Crippen LogP contribution in [0.4, 0.5) is 39.9 Å². The Morgan fingerprint density at radius 3 is 2.18 bits per heavy atom. The summed E-state index contributed by atoms with van der Waals surface area (Å²) < 4.78 is 9.08. The monoisotopic (exact) mass is 965 g/mol. The van der Waals surface area contributed by atoms with Gasteiger partial charge in [-0.25, -0.2) is 0 Å². The van der Waals surface area contributed by atoms with E-state index >= 15 is 0 Å². The third kappa shape index (κ3) is 6.93. The number of hydrogen-bond acceptors (Lipinski definition) is 6. The molecule has 4 heterocycles. The van der Waals surface area contributed by atoms with Gasteiger partial charge >= 0.3 is 245 Å². The van der Waals surface area contributed by atoms with Crippen molar-refractivity contribution in [2.45, 2.75) is 52.4 Å². The van der Waals surface area contributed by atoms with Crippen LogP contribution in [0.1, 0.15) is 52.7 Å². The molecule has 0 atom stereocenters. The van der Waals surface area contributed by atoms with E-state index in [0.717, 1.165) is 39.9 Å². The molecule has 51 heavy (non-hydrogen) atoms. The Bertz CT molecular complexity index is 2230. The van der Waals surface area contributed by atoms with Crippen molar-refractivity contribution < 1.29 is 25.8 Å². The molecule has 0 saturated carbocycles. The SMILES string of the molecule is CC(C)(C)c1cccc(N2[CH-]N(c3[c-]c(Oc4[c-]c5c(cc4)[Te]c4cnccc4N5c4cc(C(C)(C)C)ccn4)ccc3)c3ccccc32)c1.[Pt]. The minimum absolute atomic E-state index is 0. The Hall–Kier alpha value is -4.14. The van der Waals surface area contributed by atoms with Crippen molar-refractivity contribution in [2.24, 2.45) is 0 Å². The third-order valence-corrected chi connectivity index (χ3v) is 12.1. The normalized spacial score (nSPS) is 13.6. The zero-order valence-corrected chi connectivity index (χ0v) is 34.0. The van der Waals surface area contributed by atoms with Gasteiger partial charge in [-0.2, -0.15) is 0 Å². The molecule has 4 aromatic carbocycles. The molecule has 0 unspecified atom stereocenters. The summed E-state index contributed by atoms with van der Waals surface area (Å²) in [4.78, 5) is 15.9. The molecule has 260 valence electrons. The quantitative estimate of drug-likeness (QED) is 0.127. The van der Waals surface area contributed by atoms with Gasteiger partial charge in [-0.05, 0) is 23.1 Å². The molecular formula is C43H38N5OPtTe-3. The molecule has 6 aromatic rings. The van der Waals surface area contributed by atoms with Crippen LogP contribution < -0.4 is 26.7 Å². The van der Waals surface area contributed by atoms with E-state index in [4.69, 9.17) is 9.72 Å². The molecule has 0 spiro atoms. The Kier molecular flexibility index (Phi) is 9.52. The van der Waals surface area contributed by atoms with Crippen LogP contribution in [0.15, 0.2) is 116 Å². The number of para-hydroxylation sites is 2. The van der Waals surface area contributed by atoms with Gasteiger partial charge in [0.25, 0.3) is 0 Å². The first-order valence-electron chi connectivity index (χ1n) is 16.8. The first-order valence-corrected chi connectivity index (χ1v) is 19.1. The first kappa shape index (κ1) is 35.3. The average Bonchev–Trinajstić information content (AvgIpc) is 3.50. The fourth-order valence-corrected chi connectivity index (χ4v) is 9.09. The maximum absolute atomic E-state index is 6.54. The maximum Gasteiger partial charge on any atom is 0 e. The van der Waals surface area contributed by atoms with Gasteiger partial charge in [-0.15, -0.1) is 0 Å². The van der Waals surface area contributed by atoms with Gasteiger partial charge in [-0.3, -0.25) is 0 Å². The number of hydrogen-bond donors (Lipinski definition) is 0. The van der Waals surface area contributed by atoms with Crippen LogP contribution in [0.5, 0.6) is 11.5 Å². The molecule has 6 nitrogen and oxygen atoms in total. The largest absolute Gasteiger partial charge is 0.0371 e. The summed E-state index contributed by atoms with van der Waals surface area (Å²) in [5.74, 6) is 2.11. The van der Waals surface area contributed by atoms with E-state index in [1.165, 1.54) is 18.3 Å². The zero-order chi connectivity index (χ0) is 34.6. The molecule has 0 amide bonds. The molecule has 0 N–H and O–H groups in total. The van der Waals surface area contributed by atoms with Gasteiger partial charge in [0, 0.05) is 21.1 Å². The molecule has 8 rings (SSSR count). The smallest absolute Gasteiger partial charge is 0 e. The minimum Gasteiger partial charge on any atom is -0.0371 e. The van der Waals surface area contributed by atoms with E-state index in [1.54, 1.807) is 0 Å². The molecule has 2 aliphatic heterocycles. The number of aromatic nitrogens is 2. The van der Waals surface area contributed by atoms with Crippen LogP contribution in [0, 0.1) is 18.8 Å². The molecule has 0 aliphatic carbocycles. The van der Waals surface area contributed by atoms with Crippen LogP contribution in [-0.2, 0) is 31.9 Å². The number of anilines is 7. The van der Waals surface area contributed by atoms with Gasteiger partial charge in [0.2, 0.25) is 0 Å². The van der Waals surface area contributed by atoms with Crippen LogP contribution in [-0.4, -0.2) is 30.9 Å². The Morgan fingerprint density at radius 1 is 0.667 bits per heavy atom. The first-order chi connectivity index (χ1) is 24.0. The van der Waals surface area contributed by atoms with E-state index in [-0.39, 0.29) is 31.9 Å². The number of rotatable bonds is 5. The van der Waals surface area contributed by atoms with Crippen LogP contribution in [0.2, 0.25) is 0 Å². The third-order valence-electron chi connectivity index (χ3n) is 9.00. The Balaban J connectivity index is 0.00000406. The molecule has 0 radical (unpaired) electrons. The number of fused-ring (bicyclic) bond motifs is 3. The zero-order valence-electron chi connectivity index (χ0n) is 29.4. The summed E-state index contributed by atoms with van der Waals surface area (Å²) >= 11 is -0.681. The molecule has 0 fully saturated rings. The summed E-state index contributed by atoms with van der Waals surface area (Å²) in [7, 11) is 0. The van der Waals surface area contributed by atoms with Gasteiger partial charge < -0.3 is 0 Å². The molecule has 0 bridgehead atoms. The summed E-state index contributed by atoms with van der Waals surface area (Å²) in [6.45, 7) is 15.6.